The summed E-state index contributed by atoms with van der Waals surface area (Å²) in [4.78, 5) is 0. The average molecular weight is 277 g/mol. The zero-order chi connectivity index (χ0) is 13.5. The van der Waals surface area contributed by atoms with Gasteiger partial charge in [-0.1, -0.05) is 19.4 Å². The van der Waals surface area contributed by atoms with Crippen LogP contribution in [0.2, 0.25) is 0 Å². The van der Waals surface area contributed by atoms with Gasteiger partial charge in [0.25, 0.3) is 0 Å². The molecule has 2 bridgehead atoms. The number of methoxy groups -OCH3 is 1. The zero-order valence-electron chi connectivity index (χ0n) is 11.8. The number of ether oxygens (including phenoxy) is 1. The molecule has 1 aliphatic heterocycles. The minimum absolute atomic E-state index is 0.111. The van der Waals surface area contributed by atoms with E-state index in [1.165, 1.54) is 36.1 Å². The van der Waals surface area contributed by atoms with E-state index in [-0.39, 0.29) is 11.5 Å². The van der Waals surface area contributed by atoms with Crippen LogP contribution in [0.4, 0.5) is 0 Å². The van der Waals surface area contributed by atoms with Gasteiger partial charge in [0, 0.05) is 16.7 Å². The summed E-state index contributed by atoms with van der Waals surface area (Å²) in [5, 5.41) is 0.575. The van der Waals surface area contributed by atoms with Gasteiger partial charge in [0.2, 0.25) is 0 Å². The van der Waals surface area contributed by atoms with Gasteiger partial charge in [0.05, 0.1) is 7.11 Å². The fourth-order valence-electron chi connectivity index (χ4n) is 3.62. The Labute approximate surface area is 120 Å². The van der Waals surface area contributed by atoms with Crippen molar-refractivity contribution in [2.45, 2.75) is 49.3 Å². The van der Waals surface area contributed by atoms with E-state index in [0.29, 0.717) is 5.25 Å². The monoisotopic (exact) mass is 277 g/mol. The van der Waals surface area contributed by atoms with Crippen molar-refractivity contribution >= 4 is 11.8 Å². The van der Waals surface area contributed by atoms with Gasteiger partial charge in [0.15, 0.2) is 0 Å². The lowest BCUT2D eigenvalue weighted by atomic mass is 9.65. The van der Waals surface area contributed by atoms with Crippen LogP contribution in [0.15, 0.2) is 18.2 Å². The van der Waals surface area contributed by atoms with E-state index in [4.69, 9.17) is 10.5 Å². The summed E-state index contributed by atoms with van der Waals surface area (Å²) >= 11 is 2.08. The third-order valence-corrected chi connectivity index (χ3v) is 6.32. The van der Waals surface area contributed by atoms with E-state index >= 15 is 0 Å². The van der Waals surface area contributed by atoms with E-state index in [2.05, 4.69) is 36.9 Å². The molecule has 19 heavy (non-hydrogen) atoms. The number of nitrogens with two attached hydrogens (primary N) is 1. The van der Waals surface area contributed by atoms with E-state index in [0.717, 1.165) is 12.2 Å². The van der Waals surface area contributed by atoms with Gasteiger partial charge in [0.1, 0.15) is 5.75 Å². The van der Waals surface area contributed by atoms with Crippen LogP contribution in [-0.2, 0) is 11.8 Å². The van der Waals surface area contributed by atoms with Gasteiger partial charge in [-0.05, 0) is 48.3 Å². The first-order valence-electron chi connectivity index (χ1n) is 7.20. The standard InChI is InChI=1S/C16H23NOS/c1-16-7-3-4-8-19-14(15(16)17)9-11-5-6-12(18-2)10-13(11)16/h5-6,10,14-15H,3-4,7-9,17H2,1-2H3. The highest BCUT2D eigenvalue weighted by Gasteiger charge is 2.44. The van der Waals surface area contributed by atoms with E-state index < -0.39 is 0 Å². The molecule has 0 aromatic heterocycles. The van der Waals surface area contributed by atoms with Crippen molar-refractivity contribution in [3.8, 4) is 5.75 Å². The SMILES string of the molecule is COc1ccc2c(c1)C1(C)CCCCSC(C2)C1N. The fraction of sp³-hybridized carbons (Fsp3) is 0.625. The Morgan fingerprint density at radius 3 is 3.00 bits per heavy atom. The Morgan fingerprint density at radius 1 is 1.37 bits per heavy atom. The number of fused-ring (bicyclic) bond motifs is 4. The number of thioether (sulfide) groups is 1. The maximum Gasteiger partial charge on any atom is 0.119 e. The van der Waals surface area contributed by atoms with Crippen molar-refractivity contribution in [1.29, 1.82) is 0 Å². The van der Waals surface area contributed by atoms with Gasteiger partial charge >= 0.3 is 0 Å². The second-order valence-corrected chi connectivity index (χ2v) is 7.38. The molecule has 2 aliphatic rings. The molecule has 1 saturated heterocycles. The van der Waals surface area contributed by atoms with Crippen LogP contribution in [0, 0.1) is 0 Å². The molecule has 1 heterocycles. The first-order valence-corrected chi connectivity index (χ1v) is 8.24. The Balaban J connectivity index is 2.09. The zero-order valence-corrected chi connectivity index (χ0v) is 12.6. The summed E-state index contributed by atoms with van der Waals surface area (Å²) in [6.07, 6.45) is 4.91. The van der Waals surface area contributed by atoms with Crippen LogP contribution in [-0.4, -0.2) is 24.2 Å². The molecule has 1 aliphatic carbocycles. The molecule has 3 atom stereocenters. The van der Waals surface area contributed by atoms with E-state index in [9.17, 15) is 0 Å². The summed E-state index contributed by atoms with van der Waals surface area (Å²) < 4.78 is 5.41. The molecule has 1 aromatic carbocycles. The third-order valence-electron chi connectivity index (χ3n) is 4.91. The molecule has 0 spiro atoms. The Morgan fingerprint density at radius 2 is 2.21 bits per heavy atom. The summed E-state index contributed by atoms with van der Waals surface area (Å²) in [6, 6.07) is 6.81. The van der Waals surface area contributed by atoms with Crippen molar-refractivity contribution in [1.82, 2.24) is 0 Å². The number of benzene rings is 1. The minimum Gasteiger partial charge on any atom is -0.497 e. The lowest BCUT2D eigenvalue weighted by molar-refractivity contribution is 0.305. The second-order valence-electron chi connectivity index (χ2n) is 6.04. The molecule has 0 saturated carbocycles. The molecule has 2 N–H and O–H groups in total. The highest BCUT2D eigenvalue weighted by Crippen LogP contribution is 2.46. The lowest BCUT2D eigenvalue weighted by Crippen LogP contribution is -2.54. The predicted molar refractivity (Wildman–Crippen MR) is 82.1 cm³/mol. The molecule has 104 valence electrons. The van der Waals surface area contributed by atoms with Crippen molar-refractivity contribution in [3.05, 3.63) is 29.3 Å². The predicted octanol–water partition coefficient (Wildman–Crippen LogP) is 3.12. The molecule has 3 unspecified atom stereocenters. The van der Waals surface area contributed by atoms with Crippen LogP contribution >= 0.6 is 11.8 Å². The average Bonchev–Trinajstić information content (AvgIpc) is 2.43. The van der Waals surface area contributed by atoms with Crippen LogP contribution in [0.3, 0.4) is 0 Å². The minimum atomic E-state index is 0.111. The smallest absolute Gasteiger partial charge is 0.119 e. The summed E-state index contributed by atoms with van der Waals surface area (Å²) in [7, 11) is 1.74. The van der Waals surface area contributed by atoms with Gasteiger partial charge < -0.3 is 10.5 Å². The first-order chi connectivity index (χ1) is 9.15. The Bertz CT molecular complexity index is 476. The van der Waals surface area contributed by atoms with Crippen LogP contribution in [0.1, 0.15) is 37.3 Å². The van der Waals surface area contributed by atoms with Gasteiger partial charge in [-0.25, -0.2) is 0 Å². The van der Waals surface area contributed by atoms with Crippen LogP contribution in [0.5, 0.6) is 5.75 Å². The maximum absolute atomic E-state index is 6.63. The maximum atomic E-state index is 6.63. The van der Waals surface area contributed by atoms with Crippen molar-refractivity contribution < 1.29 is 4.74 Å². The van der Waals surface area contributed by atoms with Crippen molar-refractivity contribution in [3.63, 3.8) is 0 Å². The topological polar surface area (TPSA) is 35.2 Å². The largest absolute Gasteiger partial charge is 0.497 e. The summed E-state index contributed by atoms with van der Waals surface area (Å²) in [6.45, 7) is 2.36. The van der Waals surface area contributed by atoms with Crippen LogP contribution in [0.25, 0.3) is 0 Å². The molecular formula is C16H23NOS. The quantitative estimate of drug-likeness (QED) is 0.856. The van der Waals surface area contributed by atoms with Gasteiger partial charge in [-0.2, -0.15) is 11.8 Å². The number of hydrogen-bond donors (Lipinski definition) is 1. The molecule has 0 radical (unpaired) electrons. The normalized spacial score (nSPS) is 34.1. The lowest BCUT2D eigenvalue weighted by Gasteiger charge is -2.47. The van der Waals surface area contributed by atoms with Gasteiger partial charge in [-0.3, -0.25) is 0 Å². The highest BCUT2D eigenvalue weighted by molar-refractivity contribution is 7.99. The molecular weight excluding hydrogens is 254 g/mol. The fourth-order valence-corrected chi connectivity index (χ4v) is 5.10. The third kappa shape index (κ3) is 2.17. The number of hydrogen-bond acceptors (Lipinski definition) is 3. The van der Waals surface area contributed by atoms with E-state index in [1.807, 2.05) is 0 Å². The molecule has 3 rings (SSSR count). The molecule has 0 amide bonds. The molecule has 2 nitrogen and oxygen atoms in total. The highest BCUT2D eigenvalue weighted by atomic mass is 32.2. The summed E-state index contributed by atoms with van der Waals surface area (Å²) in [5.74, 6) is 2.22. The Hall–Kier alpha value is -0.670. The molecule has 1 aromatic rings. The Kier molecular flexibility index (Phi) is 3.52. The van der Waals surface area contributed by atoms with Crippen molar-refractivity contribution in [2.75, 3.05) is 12.9 Å². The molecule has 3 heteroatoms. The molecule has 1 fully saturated rings. The van der Waals surface area contributed by atoms with Crippen molar-refractivity contribution in [2.24, 2.45) is 5.73 Å². The summed E-state index contributed by atoms with van der Waals surface area (Å²) in [5.41, 5.74) is 9.65. The van der Waals surface area contributed by atoms with E-state index in [1.54, 1.807) is 7.11 Å². The van der Waals surface area contributed by atoms with Gasteiger partial charge in [-0.15, -0.1) is 0 Å². The number of rotatable bonds is 1. The second kappa shape index (κ2) is 5.02. The van der Waals surface area contributed by atoms with Crippen LogP contribution < -0.4 is 10.5 Å². The first kappa shape index (κ1) is 13.3.